The number of rotatable bonds is 3. The third-order valence-electron chi connectivity index (χ3n) is 4.09. The third-order valence-corrected chi connectivity index (χ3v) is 4.09. The van der Waals surface area contributed by atoms with E-state index in [1.165, 1.54) is 19.2 Å². The molecule has 0 N–H and O–H groups in total. The minimum absolute atomic E-state index is 0.0233. The van der Waals surface area contributed by atoms with E-state index in [1.54, 1.807) is 4.90 Å². The van der Waals surface area contributed by atoms with Crippen molar-refractivity contribution in [2.24, 2.45) is 0 Å². The van der Waals surface area contributed by atoms with Crippen LogP contribution in [0.3, 0.4) is 0 Å². The Kier molecular flexibility index (Phi) is 3.56. The molecule has 0 spiro atoms. The van der Waals surface area contributed by atoms with E-state index >= 15 is 0 Å². The van der Waals surface area contributed by atoms with Crippen LogP contribution < -0.4 is 0 Å². The van der Waals surface area contributed by atoms with Gasteiger partial charge in [0.1, 0.15) is 11.9 Å². The van der Waals surface area contributed by atoms with Crippen LogP contribution in [0, 0.1) is 5.82 Å². The molecule has 2 fully saturated rings. The Hall–Kier alpha value is -2.44. The van der Waals surface area contributed by atoms with Crippen LogP contribution in [-0.4, -0.2) is 47.4 Å². The molecule has 0 aromatic heterocycles. The number of nitrogens with zero attached hydrogens (tertiary/aromatic N) is 2. The lowest BCUT2D eigenvalue weighted by Gasteiger charge is -2.17. The summed E-state index contributed by atoms with van der Waals surface area (Å²) < 4.78 is 18.0. The molecule has 2 aliphatic rings. The Balaban J connectivity index is 1.89. The zero-order chi connectivity index (χ0) is 15.9. The monoisotopic (exact) mass is 306 g/mol. The molecular formula is C15H15FN2O4. The topological polar surface area (TPSA) is 66.9 Å². The zero-order valence-corrected chi connectivity index (χ0v) is 12.0. The summed E-state index contributed by atoms with van der Waals surface area (Å²) in [7, 11) is 1.19. The van der Waals surface area contributed by atoms with Gasteiger partial charge in [0.05, 0.1) is 19.2 Å². The number of ether oxygens (including phenoxy) is 1. The van der Waals surface area contributed by atoms with Crippen LogP contribution in [0.1, 0.15) is 28.8 Å². The van der Waals surface area contributed by atoms with Gasteiger partial charge in [-0.2, -0.15) is 0 Å². The second-order valence-corrected chi connectivity index (χ2v) is 5.35. The second-order valence-electron chi connectivity index (χ2n) is 5.35. The second kappa shape index (κ2) is 5.40. The number of fused-ring (bicyclic) bond motifs is 1. The first kappa shape index (κ1) is 14.5. The Bertz CT molecular complexity index is 639. The number of methoxy groups -OCH3 is 1. The van der Waals surface area contributed by atoms with Crippen molar-refractivity contribution in [3.8, 4) is 0 Å². The predicted molar refractivity (Wildman–Crippen MR) is 73.4 cm³/mol. The smallest absolute Gasteiger partial charge is 0.338 e. The van der Waals surface area contributed by atoms with Crippen molar-refractivity contribution in [3.63, 3.8) is 0 Å². The maximum absolute atomic E-state index is 13.3. The normalized spacial score (nSPS) is 20.5. The average molecular weight is 306 g/mol. The lowest BCUT2D eigenvalue weighted by atomic mass is 10.1. The molecule has 1 aromatic carbocycles. The maximum Gasteiger partial charge on any atom is 0.338 e. The summed E-state index contributed by atoms with van der Waals surface area (Å²) in [5.74, 6) is -1.54. The van der Waals surface area contributed by atoms with E-state index in [0.717, 1.165) is 17.4 Å². The van der Waals surface area contributed by atoms with Gasteiger partial charge in [0.25, 0.3) is 5.91 Å². The summed E-state index contributed by atoms with van der Waals surface area (Å²) in [6.07, 6.45) is 1.48. The fourth-order valence-electron chi connectivity index (χ4n) is 2.98. The molecule has 7 heteroatoms. The first-order valence-corrected chi connectivity index (χ1v) is 7.01. The fraction of sp³-hybridized carbons (Fsp3) is 0.400. The number of hydrogen-bond acceptors (Lipinski definition) is 4. The SMILES string of the molecule is COC(=O)c1cc(F)ccc1CN1C(=O)[C@H]2CCCN2C1=O. The van der Waals surface area contributed by atoms with E-state index in [-0.39, 0.29) is 24.0 Å². The summed E-state index contributed by atoms with van der Waals surface area (Å²) in [5.41, 5.74) is 0.409. The molecule has 2 aliphatic heterocycles. The van der Waals surface area contributed by atoms with Crippen molar-refractivity contribution in [2.45, 2.75) is 25.4 Å². The number of halogens is 1. The van der Waals surface area contributed by atoms with Crippen molar-refractivity contribution in [1.82, 2.24) is 9.80 Å². The largest absolute Gasteiger partial charge is 0.465 e. The van der Waals surface area contributed by atoms with Crippen molar-refractivity contribution in [2.75, 3.05) is 13.7 Å². The minimum Gasteiger partial charge on any atom is -0.465 e. The van der Waals surface area contributed by atoms with E-state index in [4.69, 9.17) is 0 Å². The van der Waals surface area contributed by atoms with E-state index in [0.29, 0.717) is 18.5 Å². The van der Waals surface area contributed by atoms with Gasteiger partial charge in [0.2, 0.25) is 0 Å². The Morgan fingerprint density at radius 3 is 2.86 bits per heavy atom. The highest BCUT2D eigenvalue weighted by molar-refractivity contribution is 6.04. The Morgan fingerprint density at radius 1 is 1.41 bits per heavy atom. The minimum atomic E-state index is -0.700. The van der Waals surface area contributed by atoms with Gasteiger partial charge in [-0.3, -0.25) is 9.69 Å². The number of esters is 1. The molecule has 0 radical (unpaired) electrons. The van der Waals surface area contributed by atoms with Crippen molar-refractivity contribution >= 4 is 17.9 Å². The van der Waals surface area contributed by atoms with E-state index < -0.39 is 17.8 Å². The van der Waals surface area contributed by atoms with Crippen molar-refractivity contribution < 1.29 is 23.5 Å². The van der Waals surface area contributed by atoms with Gasteiger partial charge in [-0.1, -0.05) is 6.07 Å². The molecule has 3 rings (SSSR count). The number of imide groups is 1. The number of carbonyl (C=O) groups is 3. The zero-order valence-electron chi connectivity index (χ0n) is 12.0. The van der Waals surface area contributed by atoms with Gasteiger partial charge in [0.15, 0.2) is 0 Å². The lowest BCUT2D eigenvalue weighted by Crippen LogP contribution is -2.33. The molecule has 0 saturated carbocycles. The summed E-state index contributed by atoms with van der Waals surface area (Å²) in [4.78, 5) is 38.9. The summed E-state index contributed by atoms with van der Waals surface area (Å²) in [6.45, 7) is 0.508. The number of urea groups is 1. The van der Waals surface area contributed by atoms with E-state index in [2.05, 4.69) is 4.74 Å². The van der Waals surface area contributed by atoms with E-state index in [9.17, 15) is 18.8 Å². The van der Waals surface area contributed by atoms with Crippen LogP contribution in [-0.2, 0) is 16.1 Å². The first-order chi connectivity index (χ1) is 10.5. The molecule has 1 atom stereocenters. The van der Waals surface area contributed by atoms with Gasteiger partial charge in [0, 0.05) is 6.54 Å². The number of benzene rings is 1. The standard InChI is InChI=1S/C15H15FN2O4/c1-22-14(20)11-7-10(16)5-4-9(11)8-18-13(19)12-3-2-6-17(12)15(18)21/h4-5,7,12H,2-3,6,8H2,1H3/t12-/m1/s1. The fourth-order valence-corrected chi connectivity index (χ4v) is 2.98. The summed E-state index contributed by atoms with van der Waals surface area (Å²) in [6, 6.07) is 2.88. The van der Waals surface area contributed by atoms with Crippen LogP contribution in [0.4, 0.5) is 9.18 Å². The van der Waals surface area contributed by atoms with Crippen molar-refractivity contribution in [1.29, 1.82) is 0 Å². The van der Waals surface area contributed by atoms with Crippen LogP contribution in [0.5, 0.6) is 0 Å². The molecule has 22 heavy (non-hydrogen) atoms. The average Bonchev–Trinajstić information content (AvgIpc) is 3.07. The van der Waals surface area contributed by atoms with Gasteiger partial charge in [-0.05, 0) is 30.5 Å². The van der Waals surface area contributed by atoms with Crippen LogP contribution in [0.25, 0.3) is 0 Å². The summed E-state index contributed by atoms with van der Waals surface area (Å²) >= 11 is 0. The molecule has 0 unspecified atom stereocenters. The molecular weight excluding hydrogens is 291 g/mol. The predicted octanol–water partition coefficient (Wildman–Crippen LogP) is 1.54. The van der Waals surface area contributed by atoms with Gasteiger partial charge in [-0.15, -0.1) is 0 Å². The molecule has 0 bridgehead atoms. The highest BCUT2D eigenvalue weighted by atomic mass is 19.1. The van der Waals surface area contributed by atoms with Crippen molar-refractivity contribution in [3.05, 3.63) is 35.1 Å². The molecule has 3 amide bonds. The highest BCUT2D eigenvalue weighted by Crippen LogP contribution is 2.29. The Morgan fingerprint density at radius 2 is 2.18 bits per heavy atom. The quantitative estimate of drug-likeness (QED) is 0.627. The Labute approximate surface area is 126 Å². The molecule has 0 aliphatic carbocycles. The molecule has 2 saturated heterocycles. The molecule has 116 valence electrons. The number of hydrogen-bond donors (Lipinski definition) is 0. The maximum atomic E-state index is 13.3. The van der Waals surface area contributed by atoms with Gasteiger partial charge < -0.3 is 9.64 Å². The summed E-state index contributed by atoms with van der Waals surface area (Å²) in [5, 5.41) is 0. The van der Waals surface area contributed by atoms with Gasteiger partial charge >= 0.3 is 12.0 Å². The van der Waals surface area contributed by atoms with Gasteiger partial charge in [-0.25, -0.2) is 14.0 Å². The molecule has 1 aromatic rings. The van der Waals surface area contributed by atoms with Crippen LogP contribution in [0.15, 0.2) is 18.2 Å². The molecule has 2 heterocycles. The van der Waals surface area contributed by atoms with Crippen LogP contribution in [0.2, 0.25) is 0 Å². The number of amides is 3. The number of carbonyl (C=O) groups excluding carboxylic acids is 3. The third kappa shape index (κ3) is 2.22. The van der Waals surface area contributed by atoms with Crippen LogP contribution >= 0.6 is 0 Å². The first-order valence-electron chi connectivity index (χ1n) is 7.01. The highest BCUT2D eigenvalue weighted by Gasteiger charge is 2.47. The lowest BCUT2D eigenvalue weighted by molar-refractivity contribution is -0.128. The van der Waals surface area contributed by atoms with E-state index in [1.807, 2.05) is 0 Å². The molecule has 6 nitrogen and oxygen atoms in total.